The first-order chi connectivity index (χ1) is 50.5. The van der Waals surface area contributed by atoms with Gasteiger partial charge in [0, 0.05) is 55.2 Å². The SMILES string of the molecule is CCCCCN.CCN1CCN=C1c1ccc(OCc2cc(C)cc(COc3ccc(C4=NCCN4CC)cc3)c2)cc1.CCO.CCOC(=N)c1ccc(OCc2cc(C)cc(COc3ccc(C(C)=N)cc3)c2)cc1.Cc1cc(COc2ccc(C#N)cc2)cc(COc2ccc(C#N)cc2)c1. The van der Waals surface area contributed by atoms with Gasteiger partial charge in [0.15, 0.2) is 0 Å². The second-order valence-electron chi connectivity index (χ2n) is 24.9. The molecule has 2 heterocycles. The summed E-state index contributed by atoms with van der Waals surface area (Å²) in [5.74, 6) is 7.04. The highest BCUT2D eigenvalue weighted by molar-refractivity contribution is 6.00. The van der Waals surface area contributed by atoms with Crippen LogP contribution in [0.4, 0.5) is 0 Å². The third kappa shape index (κ3) is 26.9. The molecule has 17 nitrogen and oxygen atoms in total. The van der Waals surface area contributed by atoms with Gasteiger partial charge in [0.2, 0.25) is 5.90 Å². The molecular formula is C87H101N9O8. The van der Waals surface area contributed by atoms with Crippen LogP contribution in [0.3, 0.4) is 0 Å². The van der Waals surface area contributed by atoms with E-state index in [-0.39, 0.29) is 12.5 Å². The maximum Gasteiger partial charge on any atom is 0.213 e. The third-order valence-corrected chi connectivity index (χ3v) is 16.3. The van der Waals surface area contributed by atoms with Crippen molar-refractivity contribution in [2.75, 3.05) is 59.0 Å². The topological polar surface area (TPSA) is 237 Å². The minimum Gasteiger partial charge on any atom is -0.489 e. The summed E-state index contributed by atoms with van der Waals surface area (Å²) in [6, 6.07) is 68.8. The van der Waals surface area contributed by atoms with Crippen molar-refractivity contribution in [3.63, 3.8) is 0 Å². The van der Waals surface area contributed by atoms with Crippen LogP contribution in [-0.2, 0) is 44.4 Å². The van der Waals surface area contributed by atoms with Gasteiger partial charge in [0.05, 0.1) is 43.0 Å². The Balaban J connectivity index is 0.000000208. The maximum absolute atomic E-state index is 8.84. The minimum atomic E-state index is 0.167. The van der Waals surface area contributed by atoms with Crippen molar-refractivity contribution in [1.29, 1.82) is 21.3 Å². The number of amidine groups is 2. The first-order valence-corrected chi connectivity index (χ1v) is 35.7. The van der Waals surface area contributed by atoms with E-state index >= 15 is 0 Å². The summed E-state index contributed by atoms with van der Waals surface area (Å²) in [4.78, 5) is 13.9. The number of aliphatic hydroxyl groups is 1. The number of aliphatic imine (C=N–C) groups is 2. The van der Waals surface area contributed by atoms with E-state index in [1.165, 1.54) is 24.8 Å². The number of nitrogens with zero attached hydrogens (tertiary/aromatic N) is 6. The largest absolute Gasteiger partial charge is 0.489 e. The van der Waals surface area contributed by atoms with Crippen LogP contribution in [0.2, 0.25) is 0 Å². The van der Waals surface area contributed by atoms with Crippen LogP contribution in [0.15, 0.2) is 210 Å². The van der Waals surface area contributed by atoms with Crippen LogP contribution in [0.25, 0.3) is 0 Å². The molecule has 0 saturated heterocycles. The zero-order chi connectivity index (χ0) is 74.4. The van der Waals surface area contributed by atoms with Gasteiger partial charge >= 0.3 is 0 Å². The van der Waals surface area contributed by atoms with Crippen LogP contribution in [0, 0.1) is 54.3 Å². The molecule has 0 aliphatic carbocycles. The van der Waals surface area contributed by atoms with Crippen LogP contribution >= 0.6 is 0 Å². The molecule has 0 spiro atoms. The molecule has 0 saturated carbocycles. The Morgan fingerprint density at radius 2 is 0.731 bits per heavy atom. The number of rotatable bonds is 28. The normalized spacial score (nSPS) is 11.7. The lowest BCUT2D eigenvalue weighted by molar-refractivity contribution is 0.299. The number of nitrogens with one attached hydrogen (secondary N) is 2. The van der Waals surface area contributed by atoms with Gasteiger partial charge in [-0.25, -0.2) is 0 Å². The number of hydrogen-bond acceptors (Lipinski definition) is 17. The van der Waals surface area contributed by atoms with E-state index in [1.807, 2.05) is 86.6 Å². The molecule has 542 valence electrons. The van der Waals surface area contributed by atoms with E-state index in [1.54, 1.807) is 62.4 Å². The predicted octanol–water partition coefficient (Wildman–Crippen LogP) is 17.3. The number of hydrogen-bond donors (Lipinski definition) is 4. The average Bonchev–Trinajstić information content (AvgIpc) is 1.64. The van der Waals surface area contributed by atoms with Crippen molar-refractivity contribution in [3.8, 4) is 46.6 Å². The van der Waals surface area contributed by atoms with Crippen LogP contribution < -0.4 is 34.2 Å². The molecule has 0 atom stereocenters. The molecule has 9 aromatic carbocycles. The fourth-order valence-corrected chi connectivity index (χ4v) is 11.3. The van der Waals surface area contributed by atoms with Crippen LogP contribution in [0.5, 0.6) is 34.5 Å². The van der Waals surface area contributed by atoms with Crippen molar-refractivity contribution in [2.45, 2.75) is 121 Å². The molecule has 104 heavy (non-hydrogen) atoms. The monoisotopic (exact) mass is 1400 g/mol. The Bertz CT molecular complexity index is 4080. The quantitative estimate of drug-likeness (QED) is 0.0203. The van der Waals surface area contributed by atoms with Crippen molar-refractivity contribution >= 4 is 23.3 Å². The number of benzene rings is 9. The van der Waals surface area contributed by atoms with Gasteiger partial charge in [-0.3, -0.25) is 15.4 Å². The van der Waals surface area contributed by atoms with E-state index in [0.29, 0.717) is 63.1 Å². The van der Waals surface area contributed by atoms with E-state index in [4.69, 9.17) is 65.3 Å². The number of aliphatic hydroxyl groups excluding tert-OH is 1. The number of nitriles is 2. The van der Waals surface area contributed by atoms with Gasteiger partial charge in [0.1, 0.15) is 85.8 Å². The Labute approximate surface area is 615 Å². The fourth-order valence-electron chi connectivity index (χ4n) is 11.3. The third-order valence-electron chi connectivity index (χ3n) is 16.3. The molecule has 0 unspecified atom stereocenters. The zero-order valence-electron chi connectivity index (χ0n) is 61.8. The molecule has 0 fully saturated rings. The lowest BCUT2D eigenvalue weighted by Crippen LogP contribution is -2.27. The molecule has 0 bridgehead atoms. The van der Waals surface area contributed by atoms with E-state index < -0.39 is 0 Å². The standard InChI is InChI=1S/C31H36N4O2.C26H28N2O3.C23H18N2O2.C5H13N.C2H6O/c1-4-34-16-14-32-30(34)26-6-10-28(11-7-26)36-21-24-18-23(3)19-25(20-24)22-37-29-12-8-27(9-13-29)31-33-15-17-35(31)5-2;1-4-29-26(28)23-7-11-25(12-8-23)31-17-21-14-18(2)13-20(15-21)16-30-24-9-5-22(6-10-24)19(3)27;1-17-10-20(15-26-22-6-2-18(13-24)3-7-22)12-21(11-17)16-27-23-8-4-19(14-25)5-9-23;1-2-3-4-5-6;1-2-3/h6-13,18-20H,4-5,14-17,21-22H2,1-3H3;5-15,27-28H,4,16-17H2,1-3H3;2-12H,15-16H2,1H3;2-6H2,1H3;3H,2H2,1H3. The zero-order valence-corrected chi connectivity index (χ0v) is 61.8. The van der Waals surface area contributed by atoms with Crippen LogP contribution in [0.1, 0.15) is 144 Å². The summed E-state index contributed by atoms with van der Waals surface area (Å²) in [6.07, 6.45) is 3.75. The molecule has 11 rings (SSSR count). The Morgan fingerprint density at radius 1 is 0.442 bits per heavy atom. The summed E-state index contributed by atoms with van der Waals surface area (Å²) >= 11 is 0. The van der Waals surface area contributed by atoms with E-state index in [9.17, 15) is 0 Å². The molecule has 5 N–H and O–H groups in total. The smallest absolute Gasteiger partial charge is 0.213 e. The molecule has 2 aliphatic rings. The number of likely N-dealkylation sites (N-methyl/N-ethyl adjacent to an activating group) is 2. The van der Waals surface area contributed by atoms with Crippen molar-refractivity contribution in [1.82, 2.24) is 9.80 Å². The molecule has 17 heteroatoms. The van der Waals surface area contributed by atoms with Gasteiger partial charge in [-0.05, 0) is 271 Å². The first kappa shape index (κ1) is 80.1. The molecular weight excluding hydrogens is 1300 g/mol. The van der Waals surface area contributed by atoms with Gasteiger partial charge in [0.25, 0.3) is 0 Å². The number of unbranched alkanes of at least 4 members (excludes halogenated alkanes) is 2. The number of aryl methyl sites for hydroxylation is 3. The predicted molar refractivity (Wildman–Crippen MR) is 417 cm³/mol. The number of ether oxygens (including phenoxy) is 7. The van der Waals surface area contributed by atoms with E-state index in [0.717, 1.165) is 159 Å². The Kier molecular flexibility index (Phi) is 33.5. The lowest BCUT2D eigenvalue weighted by Gasteiger charge is -2.18. The summed E-state index contributed by atoms with van der Waals surface area (Å²) < 4.78 is 40.9. The molecule has 0 radical (unpaired) electrons. The first-order valence-electron chi connectivity index (χ1n) is 35.7. The molecule has 9 aromatic rings. The highest BCUT2D eigenvalue weighted by Crippen LogP contribution is 2.25. The van der Waals surface area contributed by atoms with Gasteiger partial charge < -0.3 is 59.2 Å². The van der Waals surface area contributed by atoms with Gasteiger partial charge in [-0.15, -0.1) is 0 Å². The maximum atomic E-state index is 8.84. The van der Waals surface area contributed by atoms with Crippen LogP contribution in [-0.4, -0.2) is 97.2 Å². The van der Waals surface area contributed by atoms with E-state index in [2.05, 4.69) is 145 Å². The molecule has 2 aliphatic heterocycles. The highest BCUT2D eigenvalue weighted by Gasteiger charge is 2.19. The Hall–Kier alpha value is -11.2. The summed E-state index contributed by atoms with van der Waals surface area (Å²) in [5, 5.41) is 40.7. The summed E-state index contributed by atoms with van der Waals surface area (Å²) in [7, 11) is 0. The molecule has 0 amide bonds. The fraction of sp³-hybridized carbons (Fsp3) is 0.310. The minimum absolute atomic E-state index is 0.167. The van der Waals surface area contributed by atoms with Crippen molar-refractivity contribution < 1.29 is 38.3 Å². The van der Waals surface area contributed by atoms with Crippen molar-refractivity contribution in [3.05, 3.63) is 284 Å². The average molecular weight is 1400 g/mol. The van der Waals surface area contributed by atoms with Crippen molar-refractivity contribution in [2.24, 2.45) is 15.7 Å². The Morgan fingerprint density at radius 3 is 0.981 bits per heavy atom. The summed E-state index contributed by atoms with van der Waals surface area (Å²) in [6.45, 7) is 28.2. The molecule has 0 aromatic heterocycles. The second-order valence-corrected chi connectivity index (χ2v) is 24.9. The second kappa shape index (κ2) is 43.5. The highest BCUT2D eigenvalue weighted by atomic mass is 16.5. The number of nitrogens with two attached hydrogens (primary N) is 1. The van der Waals surface area contributed by atoms with Gasteiger partial charge in [-0.2, -0.15) is 10.5 Å². The van der Waals surface area contributed by atoms with Gasteiger partial charge in [-0.1, -0.05) is 72.9 Å². The lowest BCUT2D eigenvalue weighted by atomic mass is 10.1. The summed E-state index contributed by atoms with van der Waals surface area (Å²) in [5.41, 5.74) is 20.9.